The number of hydrogen-bond donors (Lipinski definition) is 0. The van der Waals surface area contributed by atoms with Gasteiger partial charge in [-0.05, 0) is 24.3 Å². The highest BCUT2D eigenvalue weighted by Gasteiger charge is 2.32. The molecule has 0 saturated carbocycles. The van der Waals surface area contributed by atoms with E-state index < -0.39 is 17.7 Å². The molecule has 1 aliphatic rings. The van der Waals surface area contributed by atoms with E-state index in [-0.39, 0.29) is 18.4 Å². The molecule has 2 aromatic carbocycles. The second kappa shape index (κ2) is 7.15. The van der Waals surface area contributed by atoms with Crippen molar-refractivity contribution in [1.82, 2.24) is 5.01 Å². The van der Waals surface area contributed by atoms with Gasteiger partial charge in [0.25, 0.3) is 0 Å². The van der Waals surface area contributed by atoms with Crippen LogP contribution >= 0.6 is 0 Å². The Balaban J connectivity index is 1.56. The third-order valence-corrected chi connectivity index (χ3v) is 4.13. The molecule has 1 aliphatic heterocycles. The molecule has 0 fully saturated rings. The fraction of sp³-hybridized carbons (Fsp3) is 0.150. The molecule has 1 unspecified atom stereocenters. The van der Waals surface area contributed by atoms with E-state index in [1.807, 2.05) is 0 Å². The van der Waals surface area contributed by atoms with Gasteiger partial charge in [0.15, 0.2) is 6.61 Å². The lowest BCUT2D eigenvalue weighted by Gasteiger charge is -2.19. The maximum absolute atomic E-state index is 13.2. The van der Waals surface area contributed by atoms with Crippen LogP contribution < -0.4 is 10.4 Å². The zero-order valence-corrected chi connectivity index (χ0v) is 14.8. The highest BCUT2D eigenvalue weighted by molar-refractivity contribution is 5.85. The Kier molecular flexibility index (Phi) is 4.52. The van der Waals surface area contributed by atoms with E-state index >= 15 is 0 Å². The second-order valence-corrected chi connectivity index (χ2v) is 6.09. The number of carbonyl (C=O) groups excluding carboxylic acids is 1. The van der Waals surface area contributed by atoms with E-state index in [4.69, 9.17) is 13.9 Å². The van der Waals surface area contributed by atoms with E-state index in [9.17, 15) is 14.0 Å². The summed E-state index contributed by atoms with van der Waals surface area (Å²) in [7, 11) is 0. The van der Waals surface area contributed by atoms with Gasteiger partial charge in [0.05, 0.1) is 11.5 Å². The predicted octanol–water partition coefficient (Wildman–Crippen LogP) is 3.20. The summed E-state index contributed by atoms with van der Waals surface area (Å²) in [5.41, 5.74) is 0.424. The van der Waals surface area contributed by atoms with Crippen molar-refractivity contribution in [1.29, 1.82) is 0 Å². The number of benzene rings is 2. The molecule has 0 N–H and O–H groups in total. The Morgan fingerprint density at radius 2 is 1.96 bits per heavy atom. The van der Waals surface area contributed by atoms with Crippen LogP contribution in [0.1, 0.15) is 18.7 Å². The van der Waals surface area contributed by atoms with Crippen LogP contribution in [0.2, 0.25) is 0 Å². The van der Waals surface area contributed by atoms with E-state index in [0.29, 0.717) is 22.3 Å². The molecule has 4 rings (SSSR count). The highest BCUT2D eigenvalue weighted by Crippen LogP contribution is 2.29. The molecule has 0 bridgehead atoms. The fourth-order valence-corrected chi connectivity index (χ4v) is 2.85. The number of rotatable bonds is 4. The zero-order valence-electron chi connectivity index (χ0n) is 14.8. The van der Waals surface area contributed by atoms with Crippen molar-refractivity contribution in [2.24, 2.45) is 5.10 Å². The number of para-hydroxylation sites is 1. The first-order valence-corrected chi connectivity index (χ1v) is 8.46. The van der Waals surface area contributed by atoms with Crippen LogP contribution in [0.3, 0.4) is 0 Å². The molecule has 1 atom stereocenters. The number of carbonyl (C=O) groups is 1. The number of nitrogens with zero attached hydrogens (tertiary/aromatic N) is 2. The largest absolute Gasteiger partial charge is 0.483 e. The molecule has 0 aliphatic carbocycles. The number of hydrazone groups is 1. The summed E-state index contributed by atoms with van der Waals surface area (Å²) in [6, 6.07) is 13.8. The fourth-order valence-electron chi connectivity index (χ4n) is 2.85. The van der Waals surface area contributed by atoms with Crippen LogP contribution in [0.15, 0.2) is 68.9 Å². The van der Waals surface area contributed by atoms with Gasteiger partial charge in [-0.3, -0.25) is 4.79 Å². The molecular formula is C20H15FN2O5. The predicted molar refractivity (Wildman–Crippen MR) is 98.2 cm³/mol. The van der Waals surface area contributed by atoms with Gasteiger partial charge >= 0.3 is 5.63 Å². The van der Waals surface area contributed by atoms with Gasteiger partial charge < -0.3 is 13.9 Å². The lowest BCUT2D eigenvalue weighted by Crippen LogP contribution is -2.25. The van der Waals surface area contributed by atoms with Crippen molar-refractivity contribution in [2.75, 3.05) is 6.61 Å². The summed E-state index contributed by atoms with van der Waals surface area (Å²) in [5.74, 6) is -0.259. The minimum Gasteiger partial charge on any atom is -0.483 e. The van der Waals surface area contributed by atoms with Crippen LogP contribution in [0.4, 0.5) is 4.39 Å². The molecule has 28 heavy (non-hydrogen) atoms. The zero-order chi connectivity index (χ0) is 19.7. The number of fused-ring (bicyclic) bond motifs is 1. The van der Waals surface area contributed by atoms with Crippen molar-refractivity contribution in [2.45, 2.75) is 13.2 Å². The first-order chi connectivity index (χ1) is 13.5. The van der Waals surface area contributed by atoms with Gasteiger partial charge in [0.1, 0.15) is 17.1 Å². The number of ether oxygens (including phenoxy) is 2. The van der Waals surface area contributed by atoms with E-state index in [2.05, 4.69) is 5.10 Å². The normalized spacial score (nSPS) is 16.0. The van der Waals surface area contributed by atoms with Crippen LogP contribution in [0.5, 0.6) is 5.75 Å². The summed E-state index contributed by atoms with van der Waals surface area (Å²) in [4.78, 5) is 23.6. The van der Waals surface area contributed by atoms with E-state index in [0.717, 1.165) is 5.01 Å². The minimum atomic E-state index is -0.811. The van der Waals surface area contributed by atoms with Gasteiger partial charge in [-0.1, -0.05) is 24.3 Å². The van der Waals surface area contributed by atoms with Gasteiger partial charge in [-0.2, -0.15) is 5.01 Å². The monoisotopic (exact) mass is 382 g/mol. The van der Waals surface area contributed by atoms with Gasteiger partial charge in [-0.25, -0.2) is 9.18 Å². The molecule has 7 nitrogen and oxygen atoms in total. The minimum absolute atomic E-state index is 0.102. The lowest BCUT2D eigenvalue weighted by molar-refractivity contribution is -0.135. The van der Waals surface area contributed by atoms with Crippen LogP contribution in [-0.2, 0) is 9.53 Å². The standard InChI is InChI=1S/C20H15FN2O5/c1-12(24)23-20(13-6-8-14(21)9-7-13)28-18(22-23)11-26-17-10-19(25)27-16-5-3-2-4-15(16)17/h2-10,20H,11H2,1H3. The summed E-state index contributed by atoms with van der Waals surface area (Å²) in [5, 5.41) is 5.92. The van der Waals surface area contributed by atoms with Crippen molar-refractivity contribution >= 4 is 22.8 Å². The maximum atomic E-state index is 13.2. The number of halogens is 1. The summed E-state index contributed by atoms with van der Waals surface area (Å²) in [6.45, 7) is 1.25. The molecule has 0 saturated heterocycles. The van der Waals surface area contributed by atoms with Crippen LogP contribution in [0.25, 0.3) is 11.0 Å². The molecule has 1 aromatic heterocycles. The van der Waals surface area contributed by atoms with Crippen molar-refractivity contribution in [3.63, 3.8) is 0 Å². The molecule has 3 aromatic rings. The van der Waals surface area contributed by atoms with Crippen LogP contribution in [0, 0.1) is 5.82 Å². The lowest BCUT2D eigenvalue weighted by atomic mass is 10.2. The quantitative estimate of drug-likeness (QED) is 0.648. The maximum Gasteiger partial charge on any atom is 0.339 e. The van der Waals surface area contributed by atoms with Crippen molar-refractivity contribution in [3.05, 3.63) is 76.4 Å². The highest BCUT2D eigenvalue weighted by atomic mass is 19.1. The number of amides is 1. The van der Waals surface area contributed by atoms with E-state index in [1.54, 1.807) is 24.3 Å². The SMILES string of the molecule is CC(=O)N1N=C(COc2cc(=O)oc3ccccc23)OC1c1ccc(F)cc1. The Labute approximate surface area is 158 Å². The molecule has 142 valence electrons. The molecule has 1 amide bonds. The van der Waals surface area contributed by atoms with Crippen molar-refractivity contribution in [3.8, 4) is 5.75 Å². The molecule has 2 heterocycles. The Hall–Kier alpha value is -3.68. The average Bonchev–Trinajstić information content (AvgIpc) is 3.11. The molecule has 0 radical (unpaired) electrons. The second-order valence-electron chi connectivity index (χ2n) is 6.09. The smallest absolute Gasteiger partial charge is 0.339 e. The molecular weight excluding hydrogens is 367 g/mol. The third kappa shape index (κ3) is 3.44. The first kappa shape index (κ1) is 17.7. The third-order valence-electron chi connectivity index (χ3n) is 4.13. The van der Waals surface area contributed by atoms with Crippen LogP contribution in [-0.4, -0.2) is 23.4 Å². The topological polar surface area (TPSA) is 81.3 Å². The Bertz CT molecular complexity index is 1120. The van der Waals surface area contributed by atoms with Gasteiger partial charge in [0, 0.05) is 12.5 Å². The van der Waals surface area contributed by atoms with Crippen molar-refractivity contribution < 1.29 is 23.1 Å². The Morgan fingerprint density at radius 1 is 1.21 bits per heavy atom. The summed E-state index contributed by atoms with van der Waals surface area (Å²) < 4.78 is 29.7. The molecule has 0 spiro atoms. The molecule has 8 heteroatoms. The summed E-state index contributed by atoms with van der Waals surface area (Å²) >= 11 is 0. The summed E-state index contributed by atoms with van der Waals surface area (Å²) in [6.07, 6.45) is -0.811. The van der Waals surface area contributed by atoms with E-state index in [1.165, 1.54) is 37.3 Å². The van der Waals surface area contributed by atoms with Gasteiger partial charge in [-0.15, -0.1) is 5.10 Å². The first-order valence-electron chi connectivity index (χ1n) is 8.46. The number of hydrogen-bond acceptors (Lipinski definition) is 6. The Morgan fingerprint density at radius 3 is 2.71 bits per heavy atom. The average molecular weight is 382 g/mol. The van der Waals surface area contributed by atoms with Gasteiger partial charge in [0.2, 0.25) is 18.0 Å².